The van der Waals surface area contributed by atoms with Crippen molar-refractivity contribution in [2.45, 2.75) is 89.9 Å². The molecule has 0 bridgehead atoms. The number of nitrogens with zero attached hydrogens (tertiary/aromatic N) is 4. The molecule has 5 atom stereocenters. The van der Waals surface area contributed by atoms with E-state index in [1.807, 2.05) is 109 Å². The van der Waals surface area contributed by atoms with Crippen LogP contribution in [-0.4, -0.2) is 78.0 Å². The van der Waals surface area contributed by atoms with E-state index in [4.69, 9.17) is 32.7 Å². The van der Waals surface area contributed by atoms with Crippen molar-refractivity contribution >= 4 is 20.3 Å². The number of hydrogen-bond donors (Lipinski definition) is 1. The summed E-state index contributed by atoms with van der Waals surface area (Å²) >= 11 is 0. The third-order valence-corrected chi connectivity index (χ3v) is 12.6. The Bertz CT molecular complexity index is 2250. The molecular formula is C48H56N5O9P. The van der Waals surface area contributed by atoms with Crippen molar-refractivity contribution < 1.29 is 37.5 Å². The highest BCUT2D eigenvalue weighted by Crippen LogP contribution is 2.51. The molecule has 6 rings (SSSR count). The van der Waals surface area contributed by atoms with Gasteiger partial charge in [-0.05, 0) is 80.3 Å². The van der Waals surface area contributed by atoms with E-state index in [1.54, 1.807) is 14.2 Å². The van der Waals surface area contributed by atoms with Gasteiger partial charge in [-0.3, -0.25) is 9.36 Å². The molecule has 14 nitrogen and oxygen atoms in total. The molecule has 1 aliphatic rings. The second kappa shape index (κ2) is 22.2. The quantitative estimate of drug-likeness (QED) is 0.0428. The Hall–Kier alpha value is -5.49. The number of amides is 1. The molecule has 63 heavy (non-hydrogen) atoms. The number of ether oxygens (including phenoxy) is 5. The molecular weight excluding hydrogens is 822 g/mol. The minimum absolute atomic E-state index is 0.0151. The minimum atomic E-state index is -1.85. The lowest BCUT2D eigenvalue weighted by Gasteiger charge is -2.39. The van der Waals surface area contributed by atoms with Crippen LogP contribution in [0.2, 0.25) is 0 Å². The lowest BCUT2D eigenvalue weighted by atomic mass is 9.80. The average Bonchev–Trinajstić information content (AvgIpc) is 3.62. The second-order valence-corrected chi connectivity index (χ2v) is 16.8. The van der Waals surface area contributed by atoms with E-state index in [2.05, 4.69) is 48.7 Å². The van der Waals surface area contributed by atoms with Gasteiger partial charge >= 0.3 is 5.69 Å². The predicted octanol–water partition coefficient (Wildman–Crippen LogP) is 8.37. The molecule has 332 valence electrons. The van der Waals surface area contributed by atoms with Gasteiger partial charge in [0.25, 0.3) is 8.53 Å². The van der Waals surface area contributed by atoms with Crippen molar-refractivity contribution in [2.24, 2.45) is 0 Å². The number of carbonyl (C=O) groups is 1. The molecule has 0 saturated carbocycles. The maximum atomic E-state index is 13.9. The van der Waals surface area contributed by atoms with Gasteiger partial charge in [0.05, 0.1) is 46.5 Å². The van der Waals surface area contributed by atoms with Gasteiger partial charge in [0, 0.05) is 25.2 Å². The van der Waals surface area contributed by atoms with Gasteiger partial charge in [-0.25, -0.2) is 9.46 Å². The molecule has 1 aliphatic heterocycles. The van der Waals surface area contributed by atoms with Crippen LogP contribution < -0.4 is 20.5 Å². The van der Waals surface area contributed by atoms with Crippen LogP contribution in [0.15, 0.2) is 126 Å². The Balaban J connectivity index is 1.51. The zero-order chi connectivity index (χ0) is 44.9. The van der Waals surface area contributed by atoms with Crippen molar-refractivity contribution in [1.82, 2.24) is 14.2 Å². The number of nitrogens with one attached hydrogen (secondary N) is 1. The molecule has 1 saturated heterocycles. The first-order valence-electron chi connectivity index (χ1n) is 20.9. The Morgan fingerprint density at radius 1 is 0.857 bits per heavy atom. The molecule has 5 aromatic rings. The van der Waals surface area contributed by atoms with Gasteiger partial charge in [-0.1, -0.05) is 84.9 Å². The fourth-order valence-corrected chi connectivity index (χ4v) is 9.44. The zero-order valence-electron chi connectivity index (χ0n) is 36.7. The van der Waals surface area contributed by atoms with Crippen LogP contribution in [0, 0.1) is 11.3 Å². The molecule has 2 heterocycles. The summed E-state index contributed by atoms with van der Waals surface area (Å²) in [6.45, 7) is 9.79. The first kappa shape index (κ1) is 47.0. The summed E-state index contributed by atoms with van der Waals surface area (Å²) in [5, 5.41) is 12.1. The Morgan fingerprint density at radius 2 is 1.43 bits per heavy atom. The van der Waals surface area contributed by atoms with Crippen LogP contribution in [-0.2, 0) is 40.3 Å². The van der Waals surface area contributed by atoms with Gasteiger partial charge in [-0.2, -0.15) is 10.2 Å². The van der Waals surface area contributed by atoms with E-state index < -0.39 is 44.4 Å². The topological polar surface area (TPSA) is 156 Å². The van der Waals surface area contributed by atoms with Crippen LogP contribution in [0.5, 0.6) is 11.5 Å². The summed E-state index contributed by atoms with van der Waals surface area (Å²) in [5.74, 6) is 1.09. The van der Waals surface area contributed by atoms with Crippen LogP contribution in [0.4, 0.5) is 5.82 Å². The molecule has 15 heteroatoms. The first-order chi connectivity index (χ1) is 30.5. The third-order valence-electron chi connectivity index (χ3n) is 10.5. The SMILES string of the molecule is COc1ccc(C(OC[C@H]2O[C@@H](n3ccc(NC(C)=O)nc3=O)[C@H](OCc3ccccc3)[C@@H]2OP(OCCC#N)N(C(C)C)C(C)C)(c2ccccc2)c2ccc(OC)cc2)cc1. The number of nitriles is 1. The Kier molecular flexibility index (Phi) is 16.6. The third kappa shape index (κ3) is 11.4. The number of rotatable bonds is 21. The maximum Gasteiger partial charge on any atom is 0.351 e. The number of aromatic nitrogens is 2. The summed E-state index contributed by atoms with van der Waals surface area (Å²) in [5.41, 5.74) is 1.46. The van der Waals surface area contributed by atoms with Gasteiger partial charge in [0.15, 0.2) is 6.23 Å². The maximum absolute atomic E-state index is 13.9. The molecule has 1 fully saturated rings. The van der Waals surface area contributed by atoms with Crippen molar-refractivity contribution in [3.05, 3.63) is 154 Å². The van der Waals surface area contributed by atoms with E-state index in [-0.39, 0.29) is 50.1 Å². The average molecular weight is 878 g/mol. The predicted molar refractivity (Wildman–Crippen MR) is 240 cm³/mol. The fraction of sp³-hybridized carbons (Fsp3) is 0.375. The minimum Gasteiger partial charge on any atom is -0.497 e. The molecule has 1 amide bonds. The van der Waals surface area contributed by atoms with Gasteiger partial charge in [0.2, 0.25) is 5.91 Å². The van der Waals surface area contributed by atoms with Crippen molar-refractivity contribution in [3.63, 3.8) is 0 Å². The molecule has 1 N–H and O–H groups in total. The fourth-order valence-electron chi connectivity index (χ4n) is 7.67. The summed E-state index contributed by atoms with van der Waals surface area (Å²) in [6, 6.07) is 38.7. The summed E-state index contributed by atoms with van der Waals surface area (Å²) < 4.78 is 49.4. The number of carbonyl (C=O) groups excluding carboxylic acids is 1. The summed E-state index contributed by atoms with van der Waals surface area (Å²) in [7, 11) is 1.40. The van der Waals surface area contributed by atoms with E-state index >= 15 is 0 Å². The normalized spacial score (nSPS) is 18.0. The highest BCUT2D eigenvalue weighted by molar-refractivity contribution is 7.44. The van der Waals surface area contributed by atoms with Gasteiger partial charge in [-0.15, -0.1) is 0 Å². The lowest BCUT2D eigenvalue weighted by Crippen LogP contribution is -2.43. The molecule has 1 aromatic heterocycles. The molecule has 0 radical (unpaired) electrons. The van der Waals surface area contributed by atoms with Crippen LogP contribution in [0.3, 0.4) is 0 Å². The lowest BCUT2D eigenvalue weighted by molar-refractivity contribution is -0.114. The van der Waals surface area contributed by atoms with E-state index in [9.17, 15) is 14.9 Å². The number of anilines is 1. The number of benzene rings is 4. The Morgan fingerprint density at radius 3 is 1.95 bits per heavy atom. The Labute approximate surface area is 370 Å². The monoisotopic (exact) mass is 877 g/mol. The van der Waals surface area contributed by atoms with Crippen molar-refractivity contribution in [3.8, 4) is 17.6 Å². The number of methoxy groups -OCH3 is 2. The van der Waals surface area contributed by atoms with Crippen molar-refractivity contribution in [2.75, 3.05) is 32.8 Å². The van der Waals surface area contributed by atoms with Crippen LogP contribution >= 0.6 is 8.53 Å². The second-order valence-electron chi connectivity index (χ2n) is 15.4. The first-order valence-corrected chi connectivity index (χ1v) is 22.0. The van der Waals surface area contributed by atoms with Crippen LogP contribution in [0.1, 0.15) is 69.5 Å². The van der Waals surface area contributed by atoms with Gasteiger partial charge in [0.1, 0.15) is 41.2 Å². The van der Waals surface area contributed by atoms with Gasteiger partial charge < -0.3 is 38.0 Å². The molecule has 0 spiro atoms. The molecule has 0 aliphatic carbocycles. The highest BCUT2D eigenvalue weighted by Gasteiger charge is 2.51. The number of hydrogen-bond acceptors (Lipinski definition) is 12. The van der Waals surface area contributed by atoms with Crippen molar-refractivity contribution in [1.29, 1.82) is 5.26 Å². The smallest absolute Gasteiger partial charge is 0.351 e. The standard InChI is InChI=1S/C48H56N5O9P/c1-33(2)53(34(3)4)63(60-30-14-28-49)62-44-42(61-46(45(44)58-31-36-15-10-8-11-16-36)52-29-27-43(50-35(5)54)51-47(52)55)32-59-48(37-17-12-9-13-18-37,38-19-23-40(56-6)24-20-38)39-21-25-41(57-7)26-22-39/h8-13,15-27,29,33-34,42,44-46H,14,30-32H2,1-7H3,(H,50,51,54,55)/t42-,44-,45-,46-,63?/m1/s1. The van der Waals surface area contributed by atoms with Crippen LogP contribution in [0.25, 0.3) is 0 Å². The largest absolute Gasteiger partial charge is 0.497 e. The molecule has 1 unspecified atom stereocenters. The van der Waals surface area contributed by atoms with E-state index in [0.717, 1.165) is 22.3 Å². The summed E-state index contributed by atoms with van der Waals surface area (Å²) in [6.07, 6.45) is -2.12. The van der Waals surface area contributed by atoms with E-state index in [1.165, 1.54) is 23.8 Å². The van der Waals surface area contributed by atoms with E-state index in [0.29, 0.717) is 11.5 Å². The highest BCUT2D eigenvalue weighted by atomic mass is 31.2. The zero-order valence-corrected chi connectivity index (χ0v) is 37.6. The summed E-state index contributed by atoms with van der Waals surface area (Å²) in [4.78, 5) is 30.0. The molecule has 4 aromatic carbocycles.